The van der Waals surface area contributed by atoms with Crippen molar-refractivity contribution in [1.29, 1.82) is 0 Å². The van der Waals surface area contributed by atoms with Gasteiger partial charge in [0.25, 0.3) is 0 Å². The highest BCUT2D eigenvalue weighted by molar-refractivity contribution is 5.75. The largest absolute Gasteiger partial charge is 0.393 e. The van der Waals surface area contributed by atoms with Crippen LogP contribution in [0.1, 0.15) is 66.7 Å². The van der Waals surface area contributed by atoms with Crippen LogP contribution in [0.5, 0.6) is 0 Å². The zero-order chi connectivity index (χ0) is 15.1. The Morgan fingerprint density at radius 2 is 2.00 bits per heavy atom. The van der Waals surface area contributed by atoms with Gasteiger partial charge in [-0.3, -0.25) is 0 Å². The van der Waals surface area contributed by atoms with Crippen molar-refractivity contribution < 1.29 is 9.90 Å². The van der Waals surface area contributed by atoms with E-state index >= 15 is 0 Å². The Bertz CT molecular complexity index is 421. The highest BCUT2D eigenvalue weighted by atomic mass is 16.3. The Hall–Kier alpha value is -0.630. The lowest BCUT2D eigenvalue weighted by Gasteiger charge is -2.58. The molecule has 2 aliphatic rings. The van der Waals surface area contributed by atoms with Crippen LogP contribution in [-0.4, -0.2) is 17.0 Å². The fourth-order valence-electron chi connectivity index (χ4n) is 5.21. The van der Waals surface area contributed by atoms with Crippen molar-refractivity contribution in [1.82, 2.24) is 0 Å². The van der Waals surface area contributed by atoms with Crippen LogP contribution in [0.2, 0.25) is 0 Å². The van der Waals surface area contributed by atoms with Crippen molar-refractivity contribution in [3.8, 4) is 0 Å². The van der Waals surface area contributed by atoms with E-state index in [1.165, 1.54) is 5.57 Å². The van der Waals surface area contributed by atoms with E-state index in [0.29, 0.717) is 18.3 Å². The molecule has 0 radical (unpaired) electrons. The van der Waals surface area contributed by atoms with Gasteiger partial charge in [-0.2, -0.15) is 0 Å². The van der Waals surface area contributed by atoms with Crippen LogP contribution in [0.3, 0.4) is 0 Å². The lowest BCUT2D eigenvalue weighted by molar-refractivity contribution is -0.118. The van der Waals surface area contributed by atoms with Crippen molar-refractivity contribution in [3.63, 3.8) is 0 Å². The van der Waals surface area contributed by atoms with Gasteiger partial charge in [0.1, 0.15) is 5.78 Å². The lowest BCUT2D eigenvalue weighted by atomic mass is 9.47. The number of allylic oxidation sites excluding steroid dienone is 2. The summed E-state index contributed by atoms with van der Waals surface area (Å²) in [5, 5.41) is 10.3. The number of hydrogen-bond donors (Lipinski definition) is 1. The van der Waals surface area contributed by atoms with Gasteiger partial charge in [0, 0.05) is 6.42 Å². The average molecular weight is 278 g/mol. The molecule has 0 aliphatic heterocycles. The van der Waals surface area contributed by atoms with E-state index in [4.69, 9.17) is 0 Å². The predicted molar refractivity (Wildman–Crippen MR) is 82.4 cm³/mol. The first-order chi connectivity index (χ1) is 9.17. The van der Waals surface area contributed by atoms with Crippen molar-refractivity contribution in [3.05, 3.63) is 11.6 Å². The molecule has 1 N–H and O–H groups in total. The summed E-state index contributed by atoms with van der Waals surface area (Å²) >= 11 is 0. The molecule has 0 spiro atoms. The number of carbonyl (C=O) groups excluding carboxylic acids is 1. The Balaban J connectivity index is 2.32. The minimum atomic E-state index is -0.197. The van der Waals surface area contributed by atoms with Gasteiger partial charge in [0.05, 0.1) is 6.10 Å². The summed E-state index contributed by atoms with van der Waals surface area (Å²) in [4.78, 5) is 11.4. The molecule has 1 saturated carbocycles. The maximum atomic E-state index is 11.4. The third-order valence-corrected chi connectivity index (χ3v) is 5.98. The topological polar surface area (TPSA) is 37.3 Å². The van der Waals surface area contributed by atoms with Crippen LogP contribution in [0.4, 0.5) is 0 Å². The normalized spacial score (nSPS) is 39.9. The van der Waals surface area contributed by atoms with Gasteiger partial charge in [0.2, 0.25) is 0 Å². The number of Topliss-reactive ketones (excluding diaryl/α,β-unsaturated/α-hetero) is 1. The molecule has 0 bridgehead atoms. The fourth-order valence-corrected chi connectivity index (χ4v) is 5.21. The van der Waals surface area contributed by atoms with E-state index in [0.717, 1.165) is 25.7 Å². The summed E-state index contributed by atoms with van der Waals surface area (Å²) in [6.45, 7) is 10.8. The van der Waals surface area contributed by atoms with Gasteiger partial charge < -0.3 is 9.90 Å². The van der Waals surface area contributed by atoms with E-state index in [2.05, 4.69) is 33.8 Å². The Morgan fingerprint density at radius 3 is 2.60 bits per heavy atom. The van der Waals surface area contributed by atoms with Crippen LogP contribution >= 0.6 is 0 Å². The van der Waals surface area contributed by atoms with Crippen LogP contribution < -0.4 is 0 Å². The van der Waals surface area contributed by atoms with Crippen LogP contribution in [0.25, 0.3) is 0 Å². The summed E-state index contributed by atoms with van der Waals surface area (Å²) in [6, 6.07) is 0. The molecular formula is C18H30O2. The minimum absolute atomic E-state index is 0.134. The highest BCUT2D eigenvalue weighted by Gasteiger charge is 2.53. The zero-order valence-corrected chi connectivity index (χ0v) is 13.7. The molecule has 0 aromatic rings. The second-order valence-corrected chi connectivity index (χ2v) is 8.09. The first kappa shape index (κ1) is 15.8. The van der Waals surface area contributed by atoms with Gasteiger partial charge in [-0.1, -0.05) is 32.4 Å². The maximum Gasteiger partial charge on any atom is 0.129 e. The fraction of sp³-hybridized carbons (Fsp3) is 0.833. The average Bonchev–Trinajstić information content (AvgIpc) is 2.24. The second-order valence-electron chi connectivity index (χ2n) is 8.09. The van der Waals surface area contributed by atoms with Gasteiger partial charge in [0.15, 0.2) is 0 Å². The van der Waals surface area contributed by atoms with Crippen molar-refractivity contribution in [2.45, 2.75) is 72.8 Å². The van der Waals surface area contributed by atoms with Gasteiger partial charge in [-0.15, -0.1) is 0 Å². The van der Waals surface area contributed by atoms with E-state index in [-0.39, 0.29) is 22.7 Å². The summed E-state index contributed by atoms with van der Waals surface area (Å²) in [6.07, 6.45) is 6.70. The number of aliphatic hydroxyl groups excluding tert-OH is 1. The number of hydrogen-bond acceptors (Lipinski definition) is 2. The number of carbonyl (C=O) groups is 1. The van der Waals surface area contributed by atoms with Crippen molar-refractivity contribution >= 4 is 5.78 Å². The number of aliphatic hydroxyl groups is 1. The molecule has 20 heavy (non-hydrogen) atoms. The zero-order valence-electron chi connectivity index (χ0n) is 13.7. The summed E-state index contributed by atoms with van der Waals surface area (Å²) in [7, 11) is 0. The second kappa shape index (κ2) is 5.29. The Labute approximate surface area is 123 Å². The quantitative estimate of drug-likeness (QED) is 0.788. The molecule has 2 heteroatoms. The van der Waals surface area contributed by atoms with Gasteiger partial charge in [-0.05, 0) is 62.2 Å². The SMILES string of the molecule is CC(=O)CCC1C(C)=CCC2C(C)(C)CC(O)CC12C. The first-order valence-electron chi connectivity index (χ1n) is 8.01. The van der Waals surface area contributed by atoms with Crippen LogP contribution in [-0.2, 0) is 4.79 Å². The van der Waals surface area contributed by atoms with E-state index in [1.54, 1.807) is 6.92 Å². The van der Waals surface area contributed by atoms with Gasteiger partial charge >= 0.3 is 0 Å². The molecule has 1 fully saturated rings. The predicted octanol–water partition coefficient (Wildman–Crippen LogP) is 4.13. The third kappa shape index (κ3) is 2.72. The molecule has 0 saturated heterocycles. The summed E-state index contributed by atoms with van der Waals surface area (Å²) < 4.78 is 0. The molecule has 0 heterocycles. The van der Waals surface area contributed by atoms with E-state index in [1.807, 2.05) is 0 Å². The Kier molecular flexibility index (Phi) is 4.17. The number of fused-ring (bicyclic) bond motifs is 1. The number of rotatable bonds is 3. The molecule has 0 amide bonds. The standard InChI is InChI=1S/C18H30O2/c1-12-6-9-16-17(3,4)10-14(20)11-18(16,5)15(12)8-7-13(2)19/h6,14-16,20H,7-11H2,1-5H3. The first-order valence-corrected chi connectivity index (χ1v) is 8.01. The smallest absolute Gasteiger partial charge is 0.129 e. The summed E-state index contributed by atoms with van der Waals surface area (Å²) in [5.41, 5.74) is 1.74. The molecule has 2 aliphatic carbocycles. The summed E-state index contributed by atoms with van der Waals surface area (Å²) in [5.74, 6) is 1.33. The molecule has 114 valence electrons. The molecule has 4 unspecified atom stereocenters. The lowest BCUT2D eigenvalue weighted by Crippen LogP contribution is -2.52. The molecular weight excluding hydrogens is 248 g/mol. The molecule has 0 aromatic carbocycles. The van der Waals surface area contributed by atoms with E-state index < -0.39 is 0 Å². The molecule has 0 aromatic heterocycles. The van der Waals surface area contributed by atoms with Gasteiger partial charge in [-0.25, -0.2) is 0 Å². The minimum Gasteiger partial charge on any atom is -0.393 e. The molecule has 4 atom stereocenters. The van der Waals surface area contributed by atoms with Crippen molar-refractivity contribution in [2.75, 3.05) is 0 Å². The van der Waals surface area contributed by atoms with Crippen LogP contribution in [0, 0.1) is 22.7 Å². The number of ketones is 1. The van der Waals surface area contributed by atoms with Crippen molar-refractivity contribution in [2.24, 2.45) is 22.7 Å². The maximum absolute atomic E-state index is 11.4. The monoisotopic (exact) mass is 278 g/mol. The molecule has 2 rings (SSSR count). The highest BCUT2D eigenvalue weighted by Crippen LogP contribution is 2.60. The third-order valence-electron chi connectivity index (χ3n) is 5.98. The van der Waals surface area contributed by atoms with Crippen LogP contribution in [0.15, 0.2) is 11.6 Å². The molecule has 2 nitrogen and oxygen atoms in total. The van der Waals surface area contributed by atoms with E-state index in [9.17, 15) is 9.90 Å². The Morgan fingerprint density at radius 1 is 1.35 bits per heavy atom.